The van der Waals surface area contributed by atoms with E-state index in [0.717, 1.165) is 18.1 Å². The summed E-state index contributed by atoms with van der Waals surface area (Å²) in [6.07, 6.45) is 2.63. The summed E-state index contributed by atoms with van der Waals surface area (Å²) in [5.41, 5.74) is 0. The van der Waals surface area contributed by atoms with Crippen molar-refractivity contribution in [2.24, 2.45) is 0 Å². The number of halogens is 1. The van der Waals surface area contributed by atoms with Gasteiger partial charge in [-0.25, -0.2) is 0 Å². The number of hydrogen-bond acceptors (Lipinski definition) is 3. The third kappa shape index (κ3) is 3.95. The third-order valence-electron chi connectivity index (χ3n) is 3.33. The maximum absolute atomic E-state index is 5.97. The van der Waals surface area contributed by atoms with Gasteiger partial charge in [-0.05, 0) is 39.3 Å². The van der Waals surface area contributed by atoms with Crippen molar-refractivity contribution in [3.63, 3.8) is 0 Å². The molecule has 17 heavy (non-hydrogen) atoms. The smallest absolute Gasteiger partial charge is 0.0516 e. The van der Waals surface area contributed by atoms with Crippen molar-refractivity contribution >= 4 is 22.9 Å². The van der Waals surface area contributed by atoms with Crippen LogP contribution in [-0.4, -0.2) is 30.1 Å². The first-order valence-electron chi connectivity index (χ1n) is 6.35. The lowest BCUT2D eigenvalue weighted by Gasteiger charge is -2.28. The van der Waals surface area contributed by atoms with Crippen LogP contribution in [0.3, 0.4) is 0 Å². The van der Waals surface area contributed by atoms with Gasteiger partial charge in [0.1, 0.15) is 0 Å². The standard InChI is InChI=1S/C13H21ClN2S/c1-10(2)16(7-12-4-3-5-15-12)8-13-6-11(14)9-17-13/h6,9-10,12,15H,3-5,7-8H2,1-2H3. The van der Waals surface area contributed by atoms with Crippen LogP contribution in [-0.2, 0) is 6.54 Å². The summed E-state index contributed by atoms with van der Waals surface area (Å²) >= 11 is 7.73. The molecule has 0 bridgehead atoms. The van der Waals surface area contributed by atoms with Gasteiger partial charge in [-0.2, -0.15) is 0 Å². The molecule has 96 valence electrons. The number of nitrogens with zero attached hydrogens (tertiary/aromatic N) is 1. The highest BCUT2D eigenvalue weighted by Gasteiger charge is 2.20. The molecule has 2 rings (SSSR count). The Morgan fingerprint density at radius 3 is 2.94 bits per heavy atom. The molecule has 1 atom stereocenters. The quantitative estimate of drug-likeness (QED) is 0.884. The summed E-state index contributed by atoms with van der Waals surface area (Å²) in [5.74, 6) is 0. The average Bonchev–Trinajstić information content (AvgIpc) is 2.89. The van der Waals surface area contributed by atoms with Crippen molar-refractivity contribution in [2.75, 3.05) is 13.1 Å². The van der Waals surface area contributed by atoms with Crippen molar-refractivity contribution in [3.05, 3.63) is 21.3 Å². The van der Waals surface area contributed by atoms with Crippen molar-refractivity contribution in [1.82, 2.24) is 10.2 Å². The van der Waals surface area contributed by atoms with E-state index in [4.69, 9.17) is 11.6 Å². The van der Waals surface area contributed by atoms with Gasteiger partial charge < -0.3 is 5.32 Å². The van der Waals surface area contributed by atoms with Gasteiger partial charge >= 0.3 is 0 Å². The zero-order chi connectivity index (χ0) is 12.3. The fraction of sp³-hybridized carbons (Fsp3) is 0.692. The Morgan fingerprint density at radius 1 is 1.59 bits per heavy atom. The molecule has 1 aromatic heterocycles. The van der Waals surface area contributed by atoms with E-state index < -0.39 is 0 Å². The van der Waals surface area contributed by atoms with Crippen LogP contribution >= 0.6 is 22.9 Å². The zero-order valence-electron chi connectivity index (χ0n) is 10.6. The molecule has 1 aliphatic heterocycles. The van der Waals surface area contributed by atoms with Crippen LogP contribution in [0.15, 0.2) is 11.4 Å². The summed E-state index contributed by atoms with van der Waals surface area (Å²) in [6, 6.07) is 3.34. The number of rotatable bonds is 5. The summed E-state index contributed by atoms with van der Waals surface area (Å²) in [5, 5.41) is 6.45. The Labute approximate surface area is 113 Å². The largest absolute Gasteiger partial charge is 0.313 e. The van der Waals surface area contributed by atoms with Gasteiger partial charge in [-0.3, -0.25) is 4.90 Å². The number of thiophene rings is 1. The lowest BCUT2D eigenvalue weighted by molar-refractivity contribution is 0.196. The van der Waals surface area contributed by atoms with Crippen molar-refractivity contribution in [3.8, 4) is 0 Å². The number of hydrogen-bond donors (Lipinski definition) is 1. The molecule has 2 heterocycles. The first-order valence-corrected chi connectivity index (χ1v) is 7.61. The van der Waals surface area contributed by atoms with Crippen molar-refractivity contribution in [2.45, 2.75) is 45.3 Å². The van der Waals surface area contributed by atoms with Crippen LogP contribution in [0.5, 0.6) is 0 Å². The molecule has 0 aromatic carbocycles. The van der Waals surface area contributed by atoms with Crippen molar-refractivity contribution < 1.29 is 0 Å². The Hall–Kier alpha value is -0.0900. The molecular weight excluding hydrogens is 252 g/mol. The van der Waals surface area contributed by atoms with Gasteiger partial charge in [0, 0.05) is 35.4 Å². The number of nitrogens with one attached hydrogen (secondary N) is 1. The minimum Gasteiger partial charge on any atom is -0.313 e. The van der Waals surface area contributed by atoms with Gasteiger partial charge in [0.25, 0.3) is 0 Å². The van der Waals surface area contributed by atoms with E-state index in [1.54, 1.807) is 11.3 Å². The van der Waals surface area contributed by atoms with Gasteiger partial charge in [-0.15, -0.1) is 11.3 Å². The molecule has 1 unspecified atom stereocenters. The molecule has 1 N–H and O–H groups in total. The van der Waals surface area contributed by atoms with Gasteiger partial charge in [0.05, 0.1) is 5.02 Å². The molecule has 0 saturated carbocycles. The molecule has 0 amide bonds. The van der Waals surface area contributed by atoms with Gasteiger partial charge in [0.2, 0.25) is 0 Å². The normalized spacial score (nSPS) is 20.6. The third-order valence-corrected chi connectivity index (χ3v) is 4.60. The van der Waals surface area contributed by atoms with Crippen LogP contribution in [0.2, 0.25) is 5.02 Å². The van der Waals surface area contributed by atoms with E-state index in [9.17, 15) is 0 Å². The lowest BCUT2D eigenvalue weighted by Crippen LogP contribution is -2.40. The summed E-state index contributed by atoms with van der Waals surface area (Å²) < 4.78 is 0. The van der Waals surface area contributed by atoms with Crippen molar-refractivity contribution in [1.29, 1.82) is 0 Å². The van der Waals surface area contributed by atoms with E-state index in [0.29, 0.717) is 12.1 Å². The van der Waals surface area contributed by atoms with Gasteiger partial charge in [0.15, 0.2) is 0 Å². The maximum atomic E-state index is 5.97. The molecule has 0 spiro atoms. The monoisotopic (exact) mass is 272 g/mol. The molecule has 1 aromatic rings. The summed E-state index contributed by atoms with van der Waals surface area (Å²) in [6.45, 7) is 7.89. The maximum Gasteiger partial charge on any atom is 0.0516 e. The summed E-state index contributed by atoms with van der Waals surface area (Å²) in [4.78, 5) is 3.90. The Balaban J connectivity index is 1.92. The van der Waals surface area contributed by atoms with E-state index in [1.807, 2.05) is 5.38 Å². The molecule has 1 fully saturated rings. The van der Waals surface area contributed by atoms with Crippen LogP contribution in [0.4, 0.5) is 0 Å². The zero-order valence-corrected chi connectivity index (χ0v) is 12.2. The highest BCUT2D eigenvalue weighted by Crippen LogP contribution is 2.22. The molecule has 1 aliphatic rings. The van der Waals surface area contributed by atoms with Crippen LogP contribution < -0.4 is 5.32 Å². The summed E-state index contributed by atoms with van der Waals surface area (Å²) in [7, 11) is 0. The highest BCUT2D eigenvalue weighted by molar-refractivity contribution is 7.10. The van der Waals surface area contributed by atoms with E-state index in [2.05, 4.69) is 30.1 Å². The molecule has 0 aliphatic carbocycles. The topological polar surface area (TPSA) is 15.3 Å². The Morgan fingerprint density at radius 2 is 2.41 bits per heavy atom. The SMILES string of the molecule is CC(C)N(Cc1cc(Cl)cs1)CC1CCCN1. The minimum absolute atomic E-state index is 0.582. The molecule has 1 saturated heterocycles. The second kappa shape index (κ2) is 6.19. The van der Waals surface area contributed by atoms with Crippen LogP contribution in [0.25, 0.3) is 0 Å². The second-order valence-electron chi connectivity index (χ2n) is 5.05. The van der Waals surface area contributed by atoms with E-state index in [1.165, 1.54) is 24.3 Å². The lowest BCUT2D eigenvalue weighted by atomic mass is 10.2. The van der Waals surface area contributed by atoms with Gasteiger partial charge in [-0.1, -0.05) is 11.6 Å². The molecule has 2 nitrogen and oxygen atoms in total. The van der Waals surface area contributed by atoms with Crippen LogP contribution in [0.1, 0.15) is 31.6 Å². The fourth-order valence-corrected chi connectivity index (χ4v) is 3.39. The molecule has 4 heteroatoms. The minimum atomic E-state index is 0.582. The Kier molecular flexibility index (Phi) is 4.86. The molecule has 0 radical (unpaired) electrons. The molecular formula is C13H21ClN2S. The predicted octanol–water partition coefficient (Wildman–Crippen LogP) is 3.36. The fourth-order valence-electron chi connectivity index (χ4n) is 2.29. The first kappa shape index (κ1) is 13.3. The Bertz CT molecular complexity index is 345. The first-order chi connectivity index (χ1) is 8.15. The highest BCUT2D eigenvalue weighted by atomic mass is 35.5. The predicted molar refractivity (Wildman–Crippen MR) is 75.9 cm³/mol. The second-order valence-corrected chi connectivity index (χ2v) is 6.48. The average molecular weight is 273 g/mol. The van der Waals surface area contributed by atoms with Crippen LogP contribution in [0, 0.1) is 0 Å². The van der Waals surface area contributed by atoms with E-state index in [-0.39, 0.29) is 0 Å². The van der Waals surface area contributed by atoms with E-state index >= 15 is 0 Å².